The molecule has 21 heavy (non-hydrogen) atoms. The third-order valence-electron chi connectivity index (χ3n) is 3.04. The highest BCUT2D eigenvalue weighted by atomic mass is 19.1. The fraction of sp³-hybridized carbons (Fsp3) is 0.188. The van der Waals surface area contributed by atoms with Gasteiger partial charge in [0.1, 0.15) is 18.2 Å². The van der Waals surface area contributed by atoms with Crippen molar-refractivity contribution in [2.75, 3.05) is 7.11 Å². The Bertz CT molecular complexity index is 671. The van der Waals surface area contributed by atoms with Gasteiger partial charge in [0.05, 0.1) is 12.7 Å². The van der Waals surface area contributed by atoms with Gasteiger partial charge in [-0.05, 0) is 42.3 Å². The number of nitrogens with two attached hydrogens (primary N) is 1. The van der Waals surface area contributed by atoms with Gasteiger partial charge in [-0.1, -0.05) is 12.1 Å². The van der Waals surface area contributed by atoms with Crippen LogP contribution in [0.1, 0.15) is 16.7 Å². The van der Waals surface area contributed by atoms with Crippen LogP contribution in [0, 0.1) is 18.2 Å². The van der Waals surface area contributed by atoms with Gasteiger partial charge in [-0.2, -0.15) is 0 Å². The molecule has 0 aromatic heterocycles. The molecule has 0 aliphatic carbocycles. The molecule has 0 fully saturated rings. The third kappa shape index (κ3) is 3.51. The van der Waals surface area contributed by atoms with Gasteiger partial charge >= 0.3 is 0 Å². The highest BCUT2D eigenvalue weighted by Gasteiger charge is 2.09. The van der Waals surface area contributed by atoms with E-state index in [0.717, 1.165) is 11.1 Å². The van der Waals surface area contributed by atoms with Gasteiger partial charge in [0, 0.05) is 0 Å². The van der Waals surface area contributed by atoms with E-state index < -0.39 is 5.82 Å². The molecule has 0 amide bonds. The number of hydrogen-bond acceptors (Lipinski definition) is 3. The Labute approximate surface area is 122 Å². The molecule has 0 saturated carbocycles. The number of amidine groups is 1. The van der Waals surface area contributed by atoms with Crippen LogP contribution in [0.3, 0.4) is 0 Å². The summed E-state index contributed by atoms with van der Waals surface area (Å²) in [5, 5.41) is 7.53. The molecule has 0 atom stereocenters. The first kappa shape index (κ1) is 14.8. The number of benzene rings is 2. The number of hydrogen-bond donors (Lipinski definition) is 2. The van der Waals surface area contributed by atoms with Crippen LogP contribution in [-0.4, -0.2) is 12.9 Å². The maximum Gasteiger partial charge on any atom is 0.165 e. The molecule has 0 saturated heterocycles. The van der Waals surface area contributed by atoms with Gasteiger partial charge in [-0.15, -0.1) is 0 Å². The van der Waals surface area contributed by atoms with Crippen molar-refractivity contribution in [2.45, 2.75) is 13.5 Å². The summed E-state index contributed by atoms with van der Waals surface area (Å²) in [6.45, 7) is 2.05. The molecule has 2 rings (SSSR count). The lowest BCUT2D eigenvalue weighted by atomic mass is 10.1. The molecular formula is C16H17FN2O2. The van der Waals surface area contributed by atoms with Crippen molar-refractivity contribution in [1.29, 1.82) is 5.41 Å². The molecule has 0 radical (unpaired) electrons. The summed E-state index contributed by atoms with van der Waals surface area (Å²) in [5.41, 5.74) is 7.70. The highest BCUT2D eigenvalue weighted by molar-refractivity contribution is 5.97. The zero-order valence-electron chi connectivity index (χ0n) is 11.9. The summed E-state index contributed by atoms with van der Waals surface area (Å²) in [4.78, 5) is 0. The summed E-state index contributed by atoms with van der Waals surface area (Å²) in [5.74, 6) is 0.236. The number of aryl methyl sites for hydroxylation is 1. The largest absolute Gasteiger partial charge is 0.496 e. The van der Waals surface area contributed by atoms with E-state index >= 15 is 0 Å². The Kier molecular flexibility index (Phi) is 4.42. The lowest BCUT2D eigenvalue weighted by Crippen LogP contribution is -2.13. The van der Waals surface area contributed by atoms with Gasteiger partial charge in [-0.25, -0.2) is 4.39 Å². The third-order valence-corrected chi connectivity index (χ3v) is 3.04. The minimum Gasteiger partial charge on any atom is -0.496 e. The highest BCUT2D eigenvalue weighted by Crippen LogP contribution is 2.22. The molecular weight excluding hydrogens is 271 g/mol. The number of nitrogens with one attached hydrogen (secondary N) is 1. The first-order valence-electron chi connectivity index (χ1n) is 6.41. The topological polar surface area (TPSA) is 68.3 Å². The molecule has 0 unspecified atom stereocenters. The summed E-state index contributed by atoms with van der Waals surface area (Å²) in [7, 11) is 1.51. The zero-order valence-corrected chi connectivity index (χ0v) is 11.9. The maximum atomic E-state index is 13.6. The van der Waals surface area contributed by atoms with Crippen LogP contribution in [0.2, 0.25) is 0 Å². The standard InChI is InChI=1S/C16H17FN2O2/c1-10-3-5-13(17)15(7-10)21-9-11-4-6-14(20-2)12(8-11)16(18)19/h3-8H,9H2,1-2H3,(H3,18,19). The number of ether oxygens (including phenoxy) is 2. The number of methoxy groups -OCH3 is 1. The van der Waals surface area contributed by atoms with E-state index in [1.54, 1.807) is 30.3 Å². The molecule has 4 nitrogen and oxygen atoms in total. The van der Waals surface area contributed by atoms with Gasteiger partial charge in [0.25, 0.3) is 0 Å². The van der Waals surface area contributed by atoms with Crippen molar-refractivity contribution in [3.05, 3.63) is 58.9 Å². The lowest BCUT2D eigenvalue weighted by molar-refractivity contribution is 0.290. The Balaban J connectivity index is 2.18. The molecule has 0 aliphatic rings. The molecule has 3 N–H and O–H groups in total. The Morgan fingerprint density at radius 3 is 2.62 bits per heavy atom. The van der Waals surface area contributed by atoms with Gasteiger partial charge < -0.3 is 15.2 Å². The van der Waals surface area contributed by atoms with Crippen LogP contribution in [0.4, 0.5) is 4.39 Å². The van der Waals surface area contributed by atoms with Crippen molar-refractivity contribution >= 4 is 5.84 Å². The zero-order chi connectivity index (χ0) is 15.4. The van der Waals surface area contributed by atoms with Crippen LogP contribution in [0.15, 0.2) is 36.4 Å². The average molecular weight is 288 g/mol. The predicted octanol–water partition coefficient (Wildman–Crippen LogP) is 3.01. The lowest BCUT2D eigenvalue weighted by Gasteiger charge is -2.11. The van der Waals surface area contributed by atoms with E-state index in [9.17, 15) is 4.39 Å². The summed E-state index contributed by atoms with van der Waals surface area (Å²) >= 11 is 0. The molecule has 0 aliphatic heterocycles. The number of halogens is 1. The minimum absolute atomic E-state index is 0.0876. The van der Waals surface area contributed by atoms with Crippen molar-refractivity contribution in [2.24, 2.45) is 5.73 Å². The van der Waals surface area contributed by atoms with Crippen LogP contribution in [0.25, 0.3) is 0 Å². The van der Waals surface area contributed by atoms with E-state index in [0.29, 0.717) is 11.3 Å². The molecule has 2 aromatic carbocycles. The Morgan fingerprint density at radius 1 is 1.19 bits per heavy atom. The van der Waals surface area contributed by atoms with Gasteiger partial charge in [0.2, 0.25) is 0 Å². The molecule has 0 spiro atoms. The first-order chi connectivity index (χ1) is 10.0. The van der Waals surface area contributed by atoms with Crippen molar-refractivity contribution in [1.82, 2.24) is 0 Å². The van der Waals surface area contributed by atoms with Crippen molar-refractivity contribution < 1.29 is 13.9 Å². The van der Waals surface area contributed by atoms with Crippen LogP contribution >= 0.6 is 0 Å². The Hall–Kier alpha value is -2.56. The quantitative estimate of drug-likeness (QED) is 0.656. The van der Waals surface area contributed by atoms with E-state index in [1.165, 1.54) is 13.2 Å². The second kappa shape index (κ2) is 6.26. The van der Waals surface area contributed by atoms with Crippen LogP contribution in [0.5, 0.6) is 11.5 Å². The second-order valence-corrected chi connectivity index (χ2v) is 4.67. The molecule has 2 aromatic rings. The van der Waals surface area contributed by atoms with Crippen molar-refractivity contribution in [3.63, 3.8) is 0 Å². The second-order valence-electron chi connectivity index (χ2n) is 4.67. The molecule has 0 bridgehead atoms. The number of rotatable bonds is 5. The average Bonchev–Trinajstić information content (AvgIpc) is 2.47. The van der Waals surface area contributed by atoms with Crippen LogP contribution in [-0.2, 0) is 6.61 Å². The van der Waals surface area contributed by atoms with E-state index in [2.05, 4.69) is 0 Å². The van der Waals surface area contributed by atoms with E-state index in [-0.39, 0.29) is 18.2 Å². The molecule has 0 heterocycles. The van der Waals surface area contributed by atoms with Crippen molar-refractivity contribution in [3.8, 4) is 11.5 Å². The first-order valence-corrected chi connectivity index (χ1v) is 6.41. The number of nitrogen functional groups attached to an aromatic ring is 1. The van der Waals surface area contributed by atoms with Crippen LogP contribution < -0.4 is 15.2 Å². The normalized spacial score (nSPS) is 10.2. The maximum absolute atomic E-state index is 13.6. The summed E-state index contributed by atoms with van der Waals surface area (Å²) < 4.78 is 24.2. The SMILES string of the molecule is COc1ccc(COc2cc(C)ccc2F)cc1C(=N)N. The monoisotopic (exact) mass is 288 g/mol. The molecule has 110 valence electrons. The fourth-order valence-electron chi connectivity index (χ4n) is 1.94. The molecule has 5 heteroatoms. The van der Waals surface area contributed by atoms with Gasteiger partial charge in [0.15, 0.2) is 11.6 Å². The minimum atomic E-state index is -0.402. The Morgan fingerprint density at radius 2 is 1.95 bits per heavy atom. The fourth-order valence-corrected chi connectivity index (χ4v) is 1.94. The summed E-state index contributed by atoms with van der Waals surface area (Å²) in [6, 6.07) is 9.91. The summed E-state index contributed by atoms with van der Waals surface area (Å²) in [6.07, 6.45) is 0. The predicted molar refractivity (Wildman–Crippen MR) is 79.5 cm³/mol. The smallest absolute Gasteiger partial charge is 0.165 e. The van der Waals surface area contributed by atoms with E-state index in [1.807, 2.05) is 6.92 Å². The van der Waals surface area contributed by atoms with E-state index in [4.69, 9.17) is 20.6 Å². The van der Waals surface area contributed by atoms with Gasteiger partial charge in [-0.3, -0.25) is 5.41 Å².